The molecule has 144 valence electrons. The van der Waals surface area contributed by atoms with Crippen LogP contribution in [0.25, 0.3) is 5.65 Å². The molecule has 0 unspecified atom stereocenters. The molecule has 0 aliphatic heterocycles. The molecule has 0 saturated carbocycles. The van der Waals surface area contributed by atoms with Gasteiger partial charge >= 0.3 is 5.69 Å². The van der Waals surface area contributed by atoms with Crippen LogP contribution in [0.15, 0.2) is 46.2 Å². The van der Waals surface area contributed by atoms with Crippen molar-refractivity contribution < 1.29 is 13.2 Å². The summed E-state index contributed by atoms with van der Waals surface area (Å²) >= 11 is 0. The zero-order valence-corrected chi connectivity index (χ0v) is 16.3. The van der Waals surface area contributed by atoms with Gasteiger partial charge in [-0.3, -0.25) is 4.40 Å². The number of methoxy groups -OCH3 is 1. The molecule has 2 aromatic heterocycles. The Hall–Kier alpha value is -2.65. The van der Waals surface area contributed by atoms with Crippen molar-refractivity contribution in [2.75, 3.05) is 13.7 Å². The lowest BCUT2D eigenvalue weighted by Crippen LogP contribution is -2.28. The Labute approximate surface area is 157 Å². The van der Waals surface area contributed by atoms with Gasteiger partial charge in [0.2, 0.25) is 10.0 Å². The molecule has 0 radical (unpaired) electrons. The maximum atomic E-state index is 12.6. The fourth-order valence-corrected chi connectivity index (χ4v) is 4.28. The first-order valence-corrected chi connectivity index (χ1v) is 10.0. The first kappa shape index (κ1) is 19.1. The van der Waals surface area contributed by atoms with E-state index in [2.05, 4.69) is 9.82 Å². The fourth-order valence-electron chi connectivity index (χ4n) is 2.91. The highest BCUT2D eigenvalue weighted by Crippen LogP contribution is 2.26. The molecular weight excluding hydrogens is 368 g/mol. The van der Waals surface area contributed by atoms with E-state index < -0.39 is 10.0 Å². The van der Waals surface area contributed by atoms with Crippen molar-refractivity contribution in [2.24, 2.45) is 0 Å². The van der Waals surface area contributed by atoms with Gasteiger partial charge in [0.15, 0.2) is 5.65 Å². The third-order valence-corrected chi connectivity index (χ3v) is 6.13. The molecule has 27 heavy (non-hydrogen) atoms. The van der Waals surface area contributed by atoms with Gasteiger partial charge in [-0.15, -0.1) is 5.10 Å². The molecule has 3 rings (SSSR count). The Kier molecular flexibility index (Phi) is 5.33. The van der Waals surface area contributed by atoms with Gasteiger partial charge in [0.05, 0.1) is 12.0 Å². The van der Waals surface area contributed by atoms with Gasteiger partial charge in [0, 0.05) is 19.3 Å². The second-order valence-electron chi connectivity index (χ2n) is 6.20. The Morgan fingerprint density at radius 3 is 2.63 bits per heavy atom. The molecule has 1 aromatic carbocycles. The molecule has 1 N–H and O–H groups in total. The van der Waals surface area contributed by atoms with E-state index in [9.17, 15) is 13.2 Å². The number of rotatable bonds is 7. The van der Waals surface area contributed by atoms with E-state index in [0.29, 0.717) is 29.9 Å². The number of aryl methyl sites for hydroxylation is 1. The van der Waals surface area contributed by atoms with Crippen LogP contribution in [-0.4, -0.2) is 36.3 Å². The largest absolute Gasteiger partial charge is 0.496 e. The molecule has 3 aromatic rings. The fraction of sp³-hybridized carbons (Fsp3) is 0.333. The van der Waals surface area contributed by atoms with Gasteiger partial charge in [-0.25, -0.2) is 22.6 Å². The summed E-state index contributed by atoms with van der Waals surface area (Å²) in [4.78, 5) is 12.4. The minimum atomic E-state index is -3.65. The minimum absolute atomic E-state index is 0.202. The minimum Gasteiger partial charge on any atom is -0.496 e. The van der Waals surface area contributed by atoms with E-state index in [1.165, 1.54) is 15.1 Å². The lowest BCUT2D eigenvalue weighted by molar-refractivity contribution is 0.410. The van der Waals surface area contributed by atoms with Crippen LogP contribution in [0.3, 0.4) is 0 Å². The number of hydrogen-bond donors (Lipinski definition) is 1. The van der Waals surface area contributed by atoms with Crippen molar-refractivity contribution in [1.82, 2.24) is 18.9 Å². The van der Waals surface area contributed by atoms with Gasteiger partial charge in [-0.1, -0.05) is 6.07 Å². The highest BCUT2D eigenvalue weighted by molar-refractivity contribution is 7.89. The summed E-state index contributed by atoms with van der Waals surface area (Å²) in [6, 6.07) is 8.49. The number of benzene rings is 1. The molecule has 0 aliphatic rings. The van der Waals surface area contributed by atoms with Crippen molar-refractivity contribution in [1.29, 1.82) is 0 Å². The van der Waals surface area contributed by atoms with Gasteiger partial charge in [0.25, 0.3) is 0 Å². The van der Waals surface area contributed by atoms with Crippen LogP contribution in [-0.2, 0) is 16.6 Å². The van der Waals surface area contributed by atoms with Crippen molar-refractivity contribution >= 4 is 15.7 Å². The topological polar surface area (TPSA) is 94.7 Å². The number of fused-ring (bicyclic) bond motifs is 1. The van der Waals surface area contributed by atoms with Crippen LogP contribution in [0.5, 0.6) is 5.75 Å². The zero-order valence-electron chi connectivity index (χ0n) is 15.5. The number of sulfonamides is 1. The number of hydrogen-bond acceptors (Lipinski definition) is 5. The summed E-state index contributed by atoms with van der Waals surface area (Å²) < 4.78 is 35.8. The summed E-state index contributed by atoms with van der Waals surface area (Å²) in [7, 11) is -2.10. The SMILES string of the molecule is COc1ccc(S(=O)(=O)NCCCn2nc3ccccn3c2=O)c(C)c1C. The Morgan fingerprint density at radius 2 is 1.93 bits per heavy atom. The highest BCUT2D eigenvalue weighted by Gasteiger charge is 2.19. The molecule has 2 heterocycles. The molecule has 0 atom stereocenters. The number of aromatic nitrogens is 3. The average Bonchev–Trinajstić information content (AvgIpc) is 2.97. The van der Waals surface area contributed by atoms with E-state index in [-0.39, 0.29) is 17.1 Å². The molecule has 0 spiro atoms. The van der Waals surface area contributed by atoms with Crippen molar-refractivity contribution in [3.8, 4) is 5.75 Å². The van der Waals surface area contributed by atoms with Crippen LogP contribution in [0.1, 0.15) is 17.5 Å². The number of pyridine rings is 1. The standard InChI is InChI=1S/C18H22N4O4S/c1-13-14(2)16(9-8-15(13)26-3)27(24,25)19-10-6-12-22-18(23)21-11-5-4-7-17(21)20-22/h4-5,7-9,11,19H,6,10,12H2,1-3H3. The third-order valence-electron chi connectivity index (χ3n) is 4.52. The van der Waals surface area contributed by atoms with Crippen molar-refractivity contribution in [3.63, 3.8) is 0 Å². The molecule has 9 heteroatoms. The van der Waals surface area contributed by atoms with Crippen molar-refractivity contribution in [2.45, 2.75) is 31.7 Å². The highest BCUT2D eigenvalue weighted by atomic mass is 32.2. The quantitative estimate of drug-likeness (QED) is 0.617. The molecule has 0 amide bonds. The maximum Gasteiger partial charge on any atom is 0.350 e. The van der Waals surface area contributed by atoms with E-state index in [1.54, 1.807) is 44.5 Å². The molecule has 0 fully saturated rings. The predicted molar refractivity (Wildman–Crippen MR) is 102 cm³/mol. The number of nitrogens with one attached hydrogen (secondary N) is 1. The lowest BCUT2D eigenvalue weighted by atomic mass is 10.1. The third kappa shape index (κ3) is 3.74. The maximum absolute atomic E-state index is 12.6. The van der Waals surface area contributed by atoms with Crippen molar-refractivity contribution in [3.05, 3.63) is 58.1 Å². The van der Waals surface area contributed by atoms with Crippen LogP contribution in [0.2, 0.25) is 0 Å². The van der Waals surface area contributed by atoms with Crippen LogP contribution < -0.4 is 15.1 Å². The van der Waals surface area contributed by atoms with Gasteiger partial charge in [-0.05, 0) is 55.7 Å². The Balaban J connectivity index is 1.67. The first-order chi connectivity index (χ1) is 12.8. The molecule has 0 bridgehead atoms. The van der Waals surface area contributed by atoms with Gasteiger partial charge < -0.3 is 4.74 Å². The van der Waals surface area contributed by atoms with Crippen LogP contribution >= 0.6 is 0 Å². The number of ether oxygens (including phenoxy) is 1. The summed E-state index contributed by atoms with van der Waals surface area (Å²) in [6.07, 6.45) is 2.09. The monoisotopic (exact) mass is 390 g/mol. The smallest absolute Gasteiger partial charge is 0.350 e. The lowest BCUT2D eigenvalue weighted by Gasteiger charge is -2.13. The zero-order chi connectivity index (χ0) is 19.6. The van der Waals surface area contributed by atoms with E-state index >= 15 is 0 Å². The van der Waals surface area contributed by atoms with Crippen LogP contribution in [0.4, 0.5) is 0 Å². The number of nitrogens with zero attached hydrogens (tertiary/aromatic N) is 3. The normalized spacial score (nSPS) is 11.8. The molecular formula is C18H22N4O4S. The molecule has 0 aliphatic carbocycles. The van der Waals surface area contributed by atoms with Crippen LogP contribution in [0, 0.1) is 13.8 Å². The summed E-state index contributed by atoms with van der Waals surface area (Å²) in [6.45, 7) is 4.10. The summed E-state index contributed by atoms with van der Waals surface area (Å²) in [5.74, 6) is 0.651. The second-order valence-corrected chi connectivity index (χ2v) is 7.94. The molecule has 0 saturated heterocycles. The summed E-state index contributed by atoms with van der Waals surface area (Å²) in [5.41, 5.74) is 1.76. The first-order valence-electron chi connectivity index (χ1n) is 8.53. The second kappa shape index (κ2) is 7.53. The Morgan fingerprint density at radius 1 is 1.15 bits per heavy atom. The predicted octanol–water partition coefficient (Wildman–Crippen LogP) is 1.49. The van der Waals surface area contributed by atoms with E-state index in [4.69, 9.17) is 4.74 Å². The van der Waals surface area contributed by atoms with E-state index in [1.807, 2.05) is 6.92 Å². The van der Waals surface area contributed by atoms with Gasteiger partial charge in [-0.2, -0.15) is 0 Å². The van der Waals surface area contributed by atoms with Gasteiger partial charge in [0.1, 0.15) is 5.75 Å². The summed E-state index contributed by atoms with van der Waals surface area (Å²) in [5, 5.41) is 4.23. The molecule has 8 nitrogen and oxygen atoms in total. The average molecular weight is 390 g/mol. The van der Waals surface area contributed by atoms with E-state index in [0.717, 1.165) is 5.56 Å². The Bertz CT molecular complexity index is 1130.